The number of hydrogen-bond donors (Lipinski definition) is 0. The molecule has 0 radical (unpaired) electrons. The Morgan fingerprint density at radius 2 is 1.62 bits per heavy atom. The number of rotatable bonds is 6. The molecule has 1 aromatic heterocycles. The average molecular weight is 342 g/mol. The summed E-state index contributed by atoms with van der Waals surface area (Å²) in [6.07, 6.45) is 3.41. The number of benzene rings is 3. The number of ketones is 1. The number of unbranched alkanes of at least 4 members (excludes halogenated alkanes) is 2. The van der Waals surface area contributed by atoms with Crippen LogP contribution in [0.5, 0.6) is 0 Å². The molecule has 0 aliphatic carbocycles. The zero-order chi connectivity index (χ0) is 17.9. The van der Waals surface area contributed by atoms with Crippen LogP contribution in [0.1, 0.15) is 42.2 Å². The summed E-state index contributed by atoms with van der Waals surface area (Å²) in [5.74, 6) is -0.00718. The quantitative estimate of drug-likeness (QED) is 0.337. The Kier molecular flexibility index (Phi) is 4.53. The Morgan fingerprint density at radius 1 is 0.885 bits per heavy atom. The van der Waals surface area contributed by atoms with Crippen LogP contribution in [0.25, 0.3) is 21.7 Å². The molecule has 0 fully saturated rings. The average Bonchev–Trinajstić information content (AvgIpc) is 3.06. The van der Waals surface area contributed by atoms with Gasteiger partial charge in [0.15, 0.2) is 0 Å². The van der Waals surface area contributed by atoms with Gasteiger partial charge in [-0.1, -0.05) is 80.4 Å². The van der Waals surface area contributed by atoms with Crippen LogP contribution in [0.15, 0.2) is 66.7 Å². The number of para-hydroxylation sites is 1. The van der Waals surface area contributed by atoms with E-state index in [2.05, 4.69) is 6.92 Å². The third-order valence-corrected chi connectivity index (χ3v) is 4.88. The second kappa shape index (κ2) is 7.12. The molecule has 0 bridgehead atoms. The van der Waals surface area contributed by atoms with Crippen LogP contribution in [0.2, 0.25) is 0 Å². The van der Waals surface area contributed by atoms with Crippen LogP contribution in [-0.4, -0.2) is 15.6 Å². The van der Waals surface area contributed by atoms with Gasteiger partial charge in [-0.3, -0.25) is 9.48 Å². The van der Waals surface area contributed by atoms with Crippen molar-refractivity contribution in [3.05, 3.63) is 78.0 Å². The summed E-state index contributed by atoms with van der Waals surface area (Å²) in [6.45, 7) is 3.04. The lowest BCUT2D eigenvalue weighted by Crippen LogP contribution is -2.06. The maximum atomic E-state index is 13.3. The van der Waals surface area contributed by atoms with Crippen molar-refractivity contribution in [2.45, 2.75) is 32.7 Å². The van der Waals surface area contributed by atoms with Gasteiger partial charge in [0.2, 0.25) is 5.78 Å². The van der Waals surface area contributed by atoms with Gasteiger partial charge in [-0.2, -0.15) is 5.10 Å². The third-order valence-electron chi connectivity index (χ3n) is 4.88. The molecule has 130 valence electrons. The van der Waals surface area contributed by atoms with E-state index >= 15 is 0 Å². The lowest BCUT2D eigenvalue weighted by atomic mass is 9.99. The minimum absolute atomic E-state index is 0.00718. The van der Waals surface area contributed by atoms with Crippen LogP contribution in [0.3, 0.4) is 0 Å². The molecule has 0 spiro atoms. The van der Waals surface area contributed by atoms with Gasteiger partial charge in [-0.15, -0.1) is 0 Å². The van der Waals surface area contributed by atoms with Crippen molar-refractivity contribution in [3.8, 4) is 0 Å². The van der Waals surface area contributed by atoms with Gasteiger partial charge in [0.05, 0.1) is 5.52 Å². The number of carbonyl (C=O) groups excluding carboxylic acids is 1. The highest BCUT2D eigenvalue weighted by molar-refractivity contribution is 6.20. The molecule has 3 heteroatoms. The molecular formula is C23H22N2O. The van der Waals surface area contributed by atoms with Crippen LogP contribution in [0, 0.1) is 0 Å². The van der Waals surface area contributed by atoms with Crippen molar-refractivity contribution in [1.29, 1.82) is 0 Å². The maximum absolute atomic E-state index is 13.3. The highest BCUT2D eigenvalue weighted by Gasteiger charge is 2.20. The summed E-state index contributed by atoms with van der Waals surface area (Å²) in [4.78, 5) is 13.3. The molecule has 0 unspecified atom stereocenters. The standard InChI is InChI=1S/C23H22N2O/c1-2-3-8-16-25-21-15-7-6-13-20(21)22(24-25)23(26)19-14-9-11-17-10-4-5-12-18(17)19/h4-7,9-15H,2-3,8,16H2,1H3. The Balaban J connectivity index is 1.82. The summed E-state index contributed by atoms with van der Waals surface area (Å²) >= 11 is 0. The monoisotopic (exact) mass is 342 g/mol. The van der Waals surface area contributed by atoms with E-state index in [-0.39, 0.29) is 5.78 Å². The SMILES string of the molecule is CCCCCn1nc(C(=O)c2cccc3ccccc23)c2ccccc21. The molecule has 0 aliphatic rings. The molecule has 26 heavy (non-hydrogen) atoms. The minimum atomic E-state index is -0.00718. The summed E-state index contributed by atoms with van der Waals surface area (Å²) in [5.41, 5.74) is 2.30. The smallest absolute Gasteiger partial charge is 0.214 e. The largest absolute Gasteiger partial charge is 0.287 e. The molecule has 0 amide bonds. The first kappa shape index (κ1) is 16.5. The summed E-state index contributed by atoms with van der Waals surface area (Å²) in [5, 5.41) is 7.69. The van der Waals surface area contributed by atoms with Gasteiger partial charge in [0, 0.05) is 17.5 Å². The Hall–Kier alpha value is -2.94. The van der Waals surface area contributed by atoms with E-state index in [1.165, 1.54) is 12.8 Å². The number of carbonyl (C=O) groups is 1. The Morgan fingerprint density at radius 3 is 2.46 bits per heavy atom. The van der Waals surface area contributed by atoms with Crippen LogP contribution >= 0.6 is 0 Å². The molecular weight excluding hydrogens is 320 g/mol. The fraction of sp³-hybridized carbons (Fsp3) is 0.217. The molecule has 4 aromatic rings. The van der Waals surface area contributed by atoms with Crippen LogP contribution in [-0.2, 0) is 6.54 Å². The van der Waals surface area contributed by atoms with Gasteiger partial charge in [0.1, 0.15) is 5.69 Å². The summed E-state index contributed by atoms with van der Waals surface area (Å²) < 4.78 is 1.99. The molecule has 0 saturated heterocycles. The predicted molar refractivity (Wildman–Crippen MR) is 107 cm³/mol. The highest BCUT2D eigenvalue weighted by atomic mass is 16.1. The molecule has 0 N–H and O–H groups in total. The number of fused-ring (bicyclic) bond motifs is 2. The van der Waals surface area contributed by atoms with Gasteiger partial charge in [-0.25, -0.2) is 0 Å². The summed E-state index contributed by atoms with van der Waals surface area (Å²) in [6, 6.07) is 21.9. The van der Waals surface area contributed by atoms with Gasteiger partial charge < -0.3 is 0 Å². The maximum Gasteiger partial charge on any atom is 0.214 e. The van der Waals surface area contributed by atoms with E-state index in [4.69, 9.17) is 5.10 Å². The topological polar surface area (TPSA) is 34.9 Å². The van der Waals surface area contributed by atoms with E-state index in [1.807, 2.05) is 71.4 Å². The number of aromatic nitrogens is 2. The van der Waals surface area contributed by atoms with Crippen molar-refractivity contribution in [2.24, 2.45) is 0 Å². The number of aryl methyl sites for hydroxylation is 1. The molecule has 0 aliphatic heterocycles. The molecule has 3 nitrogen and oxygen atoms in total. The Bertz CT molecular complexity index is 1070. The zero-order valence-corrected chi connectivity index (χ0v) is 15.0. The molecule has 4 rings (SSSR count). The molecule has 0 saturated carbocycles. The van der Waals surface area contributed by atoms with Crippen molar-refractivity contribution in [2.75, 3.05) is 0 Å². The van der Waals surface area contributed by atoms with Crippen molar-refractivity contribution in [1.82, 2.24) is 9.78 Å². The van der Waals surface area contributed by atoms with E-state index in [0.29, 0.717) is 11.3 Å². The Labute approximate surface area is 153 Å². The van der Waals surface area contributed by atoms with E-state index < -0.39 is 0 Å². The van der Waals surface area contributed by atoms with Gasteiger partial charge >= 0.3 is 0 Å². The van der Waals surface area contributed by atoms with Crippen molar-refractivity contribution < 1.29 is 4.79 Å². The fourth-order valence-electron chi connectivity index (χ4n) is 3.53. The second-order valence-corrected chi connectivity index (χ2v) is 6.65. The van der Waals surface area contributed by atoms with Crippen LogP contribution in [0.4, 0.5) is 0 Å². The van der Waals surface area contributed by atoms with Gasteiger partial charge in [-0.05, 0) is 23.3 Å². The first-order chi connectivity index (χ1) is 12.8. The number of nitrogens with zero attached hydrogens (tertiary/aromatic N) is 2. The fourth-order valence-corrected chi connectivity index (χ4v) is 3.53. The first-order valence-corrected chi connectivity index (χ1v) is 9.27. The van der Waals surface area contributed by atoms with E-state index in [1.54, 1.807) is 0 Å². The lowest BCUT2D eigenvalue weighted by Gasteiger charge is -2.04. The normalized spacial score (nSPS) is 11.3. The lowest BCUT2D eigenvalue weighted by molar-refractivity contribution is 0.103. The van der Waals surface area contributed by atoms with E-state index in [9.17, 15) is 4.79 Å². The minimum Gasteiger partial charge on any atom is -0.287 e. The number of hydrogen-bond acceptors (Lipinski definition) is 2. The molecule has 1 heterocycles. The molecule has 3 aromatic carbocycles. The van der Waals surface area contributed by atoms with Crippen molar-refractivity contribution >= 4 is 27.5 Å². The third kappa shape index (κ3) is 2.90. The highest BCUT2D eigenvalue weighted by Crippen LogP contribution is 2.25. The van der Waals surface area contributed by atoms with Crippen molar-refractivity contribution in [3.63, 3.8) is 0 Å². The first-order valence-electron chi connectivity index (χ1n) is 9.27. The van der Waals surface area contributed by atoms with E-state index in [0.717, 1.165) is 34.6 Å². The van der Waals surface area contributed by atoms with Gasteiger partial charge in [0.25, 0.3) is 0 Å². The molecule has 0 atom stereocenters. The zero-order valence-electron chi connectivity index (χ0n) is 15.0. The predicted octanol–water partition coefficient (Wildman–Crippen LogP) is 5.61. The van der Waals surface area contributed by atoms with Crippen LogP contribution < -0.4 is 0 Å². The second-order valence-electron chi connectivity index (χ2n) is 6.65. The summed E-state index contributed by atoms with van der Waals surface area (Å²) in [7, 11) is 0.